The van der Waals surface area contributed by atoms with Gasteiger partial charge >= 0.3 is 0 Å². The van der Waals surface area contributed by atoms with Crippen molar-refractivity contribution in [3.8, 4) is 0 Å². The Kier molecular flexibility index (Phi) is 5.30. The van der Waals surface area contributed by atoms with Crippen LogP contribution in [-0.4, -0.2) is 60.9 Å². The molecule has 0 spiro atoms. The number of thiophene rings is 1. The van der Waals surface area contributed by atoms with E-state index in [2.05, 4.69) is 0 Å². The van der Waals surface area contributed by atoms with Gasteiger partial charge in [0.25, 0.3) is 5.91 Å². The lowest BCUT2D eigenvalue weighted by Crippen LogP contribution is -2.53. The molecule has 148 valence electrons. The third-order valence-electron chi connectivity index (χ3n) is 5.28. The van der Waals surface area contributed by atoms with Crippen molar-refractivity contribution >= 4 is 28.8 Å². The van der Waals surface area contributed by atoms with Gasteiger partial charge < -0.3 is 14.7 Å². The maximum Gasteiger partial charge on any atom is 0.264 e. The van der Waals surface area contributed by atoms with E-state index in [0.717, 1.165) is 12.5 Å². The summed E-state index contributed by atoms with van der Waals surface area (Å²) in [6, 6.07) is 5.87. The Morgan fingerprint density at radius 2 is 1.79 bits per heavy atom. The number of anilines is 1. The minimum Gasteiger partial charge on any atom is -0.360 e. The standard InChI is InChI=1S/C20H21F2N3O2S/c21-15-11-14-3-1-5-25(19(14)16(22)12-15)13-18(26)23-6-8-24(9-7-23)20(27)17-4-2-10-28-17/h2,4,10-12H,1,3,5-9,13H2. The molecular formula is C20H21F2N3O2S. The molecule has 2 aliphatic heterocycles. The van der Waals surface area contributed by atoms with E-state index in [1.54, 1.807) is 20.8 Å². The van der Waals surface area contributed by atoms with Crippen molar-refractivity contribution in [3.63, 3.8) is 0 Å². The SMILES string of the molecule is O=C(CN1CCCc2cc(F)cc(F)c21)N1CCN(C(=O)c2cccs2)CC1. The van der Waals surface area contributed by atoms with E-state index in [-0.39, 0.29) is 18.4 Å². The summed E-state index contributed by atoms with van der Waals surface area (Å²) >= 11 is 1.41. The Morgan fingerprint density at radius 1 is 1.04 bits per heavy atom. The van der Waals surface area contributed by atoms with Gasteiger partial charge in [-0.2, -0.15) is 0 Å². The largest absolute Gasteiger partial charge is 0.360 e. The van der Waals surface area contributed by atoms with Gasteiger partial charge in [-0.1, -0.05) is 6.07 Å². The van der Waals surface area contributed by atoms with Gasteiger partial charge in [-0.05, 0) is 35.9 Å². The van der Waals surface area contributed by atoms with E-state index in [1.165, 1.54) is 17.4 Å². The minimum absolute atomic E-state index is 0.00356. The summed E-state index contributed by atoms with van der Waals surface area (Å²) in [5.74, 6) is -1.30. The number of piperazine rings is 1. The molecule has 3 heterocycles. The first-order valence-corrected chi connectivity index (χ1v) is 10.2. The molecule has 5 nitrogen and oxygen atoms in total. The zero-order valence-electron chi connectivity index (χ0n) is 15.4. The highest BCUT2D eigenvalue weighted by Crippen LogP contribution is 2.31. The fraction of sp³-hybridized carbons (Fsp3) is 0.400. The maximum atomic E-state index is 14.3. The highest BCUT2D eigenvalue weighted by molar-refractivity contribution is 7.12. The lowest BCUT2D eigenvalue weighted by Gasteiger charge is -2.37. The Morgan fingerprint density at radius 3 is 2.50 bits per heavy atom. The van der Waals surface area contributed by atoms with Crippen LogP contribution in [0.2, 0.25) is 0 Å². The van der Waals surface area contributed by atoms with E-state index in [9.17, 15) is 18.4 Å². The molecule has 2 aliphatic rings. The molecule has 2 amide bonds. The fourth-order valence-electron chi connectivity index (χ4n) is 3.87. The van der Waals surface area contributed by atoms with Gasteiger partial charge in [-0.25, -0.2) is 8.78 Å². The number of nitrogens with zero attached hydrogens (tertiary/aromatic N) is 3. The number of aryl methyl sites for hydroxylation is 1. The number of carbonyl (C=O) groups is 2. The number of rotatable bonds is 3. The van der Waals surface area contributed by atoms with Crippen molar-refractivity contribution in [2.24, 2.45) is 0 Å². The summed E-state index contributed by atoms with van der Waals surface area (Å²) in [6.07, 6.45) is 1.37. The summed E-state index contributed by atoms with van der Waals surface area (Å²) in [7, 11) is 0. The summed E-state index contributed by atoms with van der Waals surface area (Å²) in [5, 5.41) is 1.87. The molecule has 0 bridgehead atoms. The number of hydrogen-bond acceptors (Lipinski definition) is 4. The molecule has 4 rings (SSSR count). The summed E-state index contributed by atoms with van der Waals surface area (Å²) < 4.78 is 27.8. The highest BCUT2D eigenvalue weighted by atomic mass is 32.1. The first-order valence-electron chi connectivity index (χ1n) is 9.36. The quantitative estimate of drug-likeness (QED) is 0.789. The Labute approximate surface area is 166 Å². The predicted molar refractivity (Wildman–Crippen MR) is 104 cm³/mol. The summed E-state index contributed by atoms with van der Waals surface area (Å²) in [5.41, 5.74) is 0.954. The second-order valence-electron chi connectivity index (χ2n) is 7.07. The number of hydrogen-bond donors (Lipinski definition) is 0. The number of carbonyl (C=O) groups excluding carboxylic acids is 2. The highest BCUT2D eigenvalue weighted by Gasteiger charge is 2.28. The Balaban J connectivity index is 1.38. The third-order valence-corrected chi connectivity index (χ3v) is 6.13. The van der Waals surface area contributed by atoms with E-state index in [1.807, 2.05) is 11.4 Å². The van der Waals surface area contributed by atoms with Crippen LogP contribution in [0.25, 0.3) is 0 Å². The maximum absolute atomic E-state index is 14.3. The lowest BCUT2D eigenvalue weighted by molar-refractivity contribution is -0.131. The molecule has 1 saturated heterocycles. The van der Waals surface area contributed by atoms with Gasteiger partial charge in [0.1, 0.15) is 11.6 Å². The Bertz CT molecular complexity index is 880. The van der Waals surface area contributed by atoms with E-state index in [4.69, 9.17) is 0 Å². The summed E-state index contributed by atoms with van der Waals surface area (Å²) in [6.45, 7) is 2.52. The van der Waals surface area contributed by atoms with Crippen LogP contribution in [0.4, 0.5) is 14.5 Å². The fourth-order valence-corrected chi connectivity index (χ4v) is 4.56. The summed E-state index contributed by atoms with van der Waals surface area (Å²) in [4.78, 5) is 31.0. The average Bonchev–Trinajstić information content (AvgIpc) is 3.22. The molecule has 0 atom stereocenters. The van der Waals surface area contributed by atoms with E-state index < -0.39 is 11.6 Å². The Hall–Kier alpha value is -2.48. The van der Waals surface area contributed by atoms with Crippen LogP contribution in [0.1, 0.15) is 21.7 Å². The van der Waals surface area contributed by atoms with Crippen LogP contribution in [0, 0.1) is 11.6 Å². The molecular weight excluding hydrogens is 384 g/mol. The minimum atomic E-state index is -0.617. The van der Waals surface area contributed by atoms with Crippen molar-refractivity contribution in [3.05, 3.63) is 51.7 Å². The van der Waals surface area contributed by atoms with Gasteiger partial charge in [0.15, 0.2) is 0 Å². The molecule has 0 aliphatic carbocycles. The lowest BCUT2D eigenvalue weighted by atomic mass is 10.0. The predicted octanol–water partition coefficient (Wildman–Crippen LogP) is 2.76. The number of halogens is 2. The van der Waals surface area contributed by atoms with Crippen LogP contribution in [0.5, 0.6) is 0 Å². The molecule has 8 heteroatoms. The first kappa shape index (κ1) is 18.9. The molecule has 2 aromatic rings. The van der Waals surface area contributed by atoms with Crippen molar-refractivity contribution in [1.29, 1.82) is 0 Å². The van der Waals surface area contributed by atoms with Gasteiger partial charge in [0, 0.05) is 38.8 Å². The van der Waals surface area contributed by atoms with Crippen molar-refractivity contribution in [2.45, 2.75) is 12.8 Å². The molecule has 1 fully saturated rings. The second-order valence-corrected chi connectivity index (χ2v) is 8.02. The van der Waals surface area contributed by atoms with Gasteiger partial charge in [-0.3, -0.25) is 9.59 Å². The van der Waals surface area contributed by atoms with Crippen LogP contribution in [-0.2, 0) is 11.2 Å². The van der Waals surface area contributed by atoms with Crippen molar-refractivity contribution < 1.29 is 18.4 Å². The molecule has 0 N–H and O–H groups in total. The molecule has 1 aromatic carbocycles. The van der Waals surface area contributed by atoms with Gasteiger partial charge in [0.2, 0.25) is 5.91 Å². The number of benzene rings is 1. The van der Waals surface area contributed by atoms with Crippen LogP contribution in [0.3, 0.4) is 0 Å². The zero-order valence-corrected chi connectivity index (χ0v) is 16.2. The normalized spacial score (nSPS) is 16.9. The monoisotopic (exact) mass is 405 g/mol. The molecule has 28 heavy (non-hydrogen) atoms. The number of amides is 2. The van der Waals surface area contributed by atoms with Crippen molar-refractivity contribution in [1.82, 2.24) is 9.80 Å². The van der Waals surface area contributed by atoms with Gasteiger partial charge in [0.05, 0.1) is 17.1 Å². The molecule has 0 saturated carbocycles. The second kappa shape index (κ2) is 7.87. The van der Waals surface area contributed by atoms with E-state index >= 15 is 0 Å². The van der Waals surface area contributed by atoms with E-state index in [0.29, 0.717) is 55.3 Å². The molecule has 1 aromatic heterocycles. The zero-order chi connectivity index (χ0) is 19.7. The van der Waals surface area contributed by atoms with Gasteiger partial charge in [-0.15, -0.1) is 11.3 Å². The van der Waals surface area contributed by atoms with Crippen LogP contribution in [0.15, 0.2) is 29.6 Å². The smallest absolute Gasteiger partial charge is 0.264 e. The van der Waals surface area contributed by atoms with Crippen molar-refractivity contribution in [2.75, 3.05) is 44.2 Å². The third kappa shape index (κ3) is 3.73. The number of fused-ring (bicyclic) bond motifs is 1. The first-order chi connectivity index (χ1) is 13.5. The topological polar surface area (TPSA) is 43.9 Å². The average molecular weight is 405 g/mol. The van der Waals surface area contributed by atoms with Crippen LogP contribution < -0.4 is 4.90 Å². The van der Waals surface area contributed by atoms with Crippen LogP contribution >= 0.6 is 11.3 Å². The molecule has 0 radical (unpaired) electrons. The molecule has 0 unspecified atom stereocenters.